The number of benzene rings is 2. The first kappa shape index (κ1) is 19.0. The van der Waals surface area contributed by atoms with Crippen molar-refractivity contribution in [1.29, 1.82) is 0 Å². The molecule has 3 rings (SSSR count). The summed E-state index contributed by atoms with van der Waals surface area (Å²) < 4.78 is 0. The van der Waals surface area contributed by atoms with E-state index in [1.54, 1.807) is 31.2 Å². The average Bonchev–Trinajstić information content (AvgIpc) is 2.94. The van der Waals surface area contributed by atoms with Gasteiger partial charge in [0.2, 0.25) is 5.91 Å². The maximum Gasteiger partial charge on any atom is 0.325 e. The predicted octanol–water partition coefficient (Wildman–Crippen LogP) is 2.39. The van der Waals surface area contributed by atoms with Crippen molar-refractivity contribution in [3.63, 3.8) is 0 Å². The molecule has 1 heterocycles. The van der Waals surface area contributed by atoms with E-state index >= 15 is 0 Å². The summed E-state index contributed by atoms with van der Waals surface area (Å²) in [5, 5.41) is 15.9. The van der Waals surface area contributed by atoms with Crippen molar-refractivity contribution in [2.75, 3.05) is 11.9 Å². The number of carbonyl (C=O) groups is 3. The fourth-order valence-electron chi connectivity index (χ4n) is 3.14. The number of amides is 4. The summed E-state index contributed by atoms with van der Waals surface area (Å²) in [7, 11) is 0. The van der Waals surface area contributed by atoms with Gasteiger partial charge >= 0.3 is 6.03 Å². The average molecular weight is 382 g/mol. The lowest BCUT2D eigenvalue weighted by Crippen LogP contribution is -2.44. The van der Waals surface area contributed by atoms with Crippen LogP contribution in [0.4, 0.5) is 16.2 Å². The third-order valence-electron chi connectivity index (χ3n) is 4.64. The van der Waals surface area contributed by atoms with Crippen molar-refractivity contribution in [3.8, 4) is 0 Å². The molecular weight excluding hydrogens is 364 g/mol. The molecule has 0 spiro atoms. The number of nitro groups is 1. The summed E-state index contributed by atoms with van der Waals surface area (Å²) in [5.74, 6) is -1.08. The highest BCUT2D eigenvalue weighted by atomic mass is 16.6. The number of nitrogens with zero attached hydrogens (tertiary/aromatic N) is 2. The summed E-state index contributed by atoms with van der Waals surface area (Å²) in [4.78, 5) is 48.6. The summed E-state index contributed by atoms with van der Waals surface area (Å²) in [5.41, 5.74) is -0.337. The van der Waals surface area contributed by atoms with Crippen molar-refractivity contribution in [1.82, 2.24) is 10.2 Å². The minimum Gasteiger partial charge on any atom is -0.325 e. The summed E-state index contributed by atoms with van der Waals surface area (Å²) in [6.07, 6.45) is 0.335. The van der Waals surface area contributed by atoms with E-state index in [1.165, 1.54) is 24.3 Å². The number of anilines is 1. The molecule has 4 amide bonds. The van der Waals surface area contributed by atoms with Crippen LogP contribution in [0.3, 0.4) is 0 Å². The minimum absolute atomic E-state index is 0.109. The first-order valence-corrected chi connectivity index (χ1v) is 8.61. The van der Waals surface area contributed by atoms with E-state index in [2.05, 4.69) is 10.6 Å². The zero-order chi connectivity index (χ0) is 20.3. The maximum absolute atomic E-state index is 13.0. The van der Waals surface area contributed by atoms with Gasteiger partial charge < -0.3 is 10.6 Å². The van der Waals surface area contributed by atoms with Gasteiger partial charge in [-0.2, -0.15) is 0 Å². The number of urea groups is 1. The second-order valence-corrected chi connectivity index (χ2v) is 6.30. The second-order valence-electron chi connectivity index (χ2n) is 6.30. The molecule has 9 heteroatoms. The minimum atomic E-state index is -1.20. The van der Waals surface area contributed by atoms with E-state index in [-0.39, 0.29) is 5.69 Å². The number of hydrogen-bond donors (Lipinski definition) is 2. The molecule has 0 saturated carbocycles. The number of non-ortho nitro benzene ring substituents is 1. The zero-order valence-corrected chi connectivity index (χ0v) is 15.0. The molecule has 28 heavy (non-hydrogen) atoms. The summed E-state index contributed by atoms with van der Waals surface area (Å²) in [6, 6.07) is 13.5. The molecule has 1 unspecified atom stereocenters. The quantitative estimate of drug-likeness (QED) is 0.451. The first-order valence-electron chi connectivity index (χ1n) is 8.61. The molecule has 1 aliphatic rings. The fourth-order valence-corrected chi connectivity index (χ4v) is 3.14. The molecule has 144 valence electrons. The normalized spacial score (nSPS) is 18.7. The van der Waals surface area contributed by atoms with Crippen LogP contribution in [0.1, 0.15) is 18.9 Å². The molecular formula is C19H18N4O5. The van der Waals surface area contributed by atoms with E-state index in [0.29, 0.717) is 17.7 Å². The molecule has 2 aromatic carbocycles. The summed E-state index contributed by atoms with van der Waals surface area (Å²) >= 11 is 0. The van der Waals surface area contributed by atoms with E-state index in [1.807, 2.05) is 6.07 Å². The second kappa shape index (κ2) is 7.47. The smallest absolute Gasteiger partial charge is 0.325 e. The molecule has 0 bridgehead atoms. The number of carbonyl (C=O) groups excluding carboxylic acids is 3. The number of imide groups is 1. The van der Waals surface area contributed by atoms with Crippen LogP contribution in [0, 0.1) is 10.1 Å². The Morgan fingerprint density at radius 3 is 2.36 bits per heavy atom. The van der Waals surface area contributed by atoms with Crippen LogP contribution in [0.15, 0.2) is 54.6 Å². The molecule has 1 saturated heterocycles. The van der Waals surface area contributed by atoms with Crippen LogP contribution in [0.25, 0.3) is 0 Å². The van der Waals surface area contributed by atoms with Crippen LogP contribution in [-0.4, -0.2) is 34.2 Å². The van der Waals surface area contributed by atoms with Gasteiger partial charge in [0.15, 0.2) is 0 Å². The van der Waals surface area contributed by atoms with Crippen molar-refractivity contribution >= 4 is 29.2 Å². The van der Waals surface area contributed by atoms with Gasteiger partial charge in [-0.05, 0) is 24.1 Å². The van der Waals surface area contributed by atoms with Gasteiger partial charge in [-0.25, -0.2) is 4.79 Å². The van der Waals surface area contributed by atoms with Gasteiger partial charge in [0.05, 0.1) is 4.92 Å². The largest absolute Gasteiger partial charge is 0.325 e. The van der Waals surface area contributed by atoms with Gasteiger partial charge in [0.1, 0.15) is 12.1 Å². The van der Waals surface area contributed by atoms with Gasteiger partial charge in [-0.3, -0.25) is 24.6 Å². The van der Waals surface area contributed by atoms with Crippen molar-refractivity contribution in [2.24, 2.45) is 0 Å². The van der Waals surface area contributed by atoms with Crippen LogP contribution in [-0.2, 0) is 15.1 Å². The molecule has 0 aromatic heterocycles. The number of nitro benzene ring substituents is 1. The van der Waals surface area contributed by atoms with Crippen LogP contribution in [0.2, 0.25) is 0 Å². The Morgan fingerprint density at radius 1 is 1.14 bits per heavy atom. The standard InChI is InChI=1S/C19H18N4O5/c1-2-19(13-6-4-3-5-7-13)17(25)22(18(26)21-19)12-16(24)20-14-8-10-15(11-9-14)23(27)28/h3-11H,2,12H2,1H3,(H,20,24)(H,21,26). The van der Waals surface area contributed by atoms with Crippen molar-refractivity contribution < 1.29 is 19.3 Å². The van der Waals surface area contributed by atoms with Crippen LogP contribution in [0.5, 0.6) is 0 Å². The van der Waals surface area contributed by atoms with E-state index in [9.17, 15) is 24.5 Å². The molecule has 0 radical (unpaired) electrons. The Bertz CT molecular complexity index is 929. The van der Waals surface area contributed by atoms with E-state index in [4.69, 9.17) is 0 Å². The van der Waals surface area contributed by atoms with E-state index in [0.717, 1.165) is 4.90 Å². The highest BCUT2D eigenvalue weighted by molar-refractivity contribution is 6.10. The molecule has 2 aromatic rings. The molecule has 1 aliphatic heterocycles. The van der Waals surface area contributed by atoms with Gasteiger partial charge in [-0.15, -0.1) is 0 Å². The Morgan fingerprint density at radius 2 is 1.79 bits per heavy atom. The van der Waals surface area contributed by atoms with E-state index < -0.39 is 34.9 Å². The lowest BCUT2D eigenvalue weighted by molar-refractivity contribution is -0.384. The third kappa shape index (κ3) is 3.41. The first-order chi connectivity index (χ1) is 13.4. The van der Waals surface area contributed by atoms with Gasteiger partial charge in [0, 0.05) is 17.8 Å². The lowest BCUT2D eigenvalue weighted by Gasteiger charge is -2.25. The molecule has 1 atom stereocenters. The maximum atomic E-state index is 13.0. The topological polar surface area (TPSA) is 122 Å². The van der Waals surface area contributed by atoms with Crippen molar-refractivity contribution in [3.05, 3.63) is 70.3 Å². The number of rotatable bonds is 6. The Labute approximate surface area is 160 Å². The SMILES string of the molecule is CCC1(c2ccccc2)NC(=O)N(CC(=O)Nc2ccc([N+](=O)[O-])cc2)C1=O. The number of nitrogens with one attached hydrogen (secondary N) is 2. The Kier molecular flexibility index (Phi) is 5.08. The highest BCUT2D eigenvalue weighted by Crippen LogP contribution is 2.32. The molecule has 0 aliphatic carbocycles. The number of hydrogen-bond acceptors (Lipinski definition) is 5. The van der Waals surface area contributed by atoms with Gasteiger partial charge in [0.25, 0.3) is 11.6 Å². The predicted molar refractivity (Wildman–Crippen MR) is 100 cm³/mol. The highest BCUT2D eigenvalue weighted by Gasteiger charge is 2.51. The fraction of sp³-hybridized carbons (Fsp3) is 0.211. The monoisotopic (exact) mass is 382 g/mol. The molecule has 1 fully saturated rings. The lowest BCUT2D eigenvalue weighted by atomic mass is 9.87. The van der Waals surface area contributed by atoms with Crippen LogP contribution < -0.4 is 10.6 Å². The van der Waals surface area contributed by atoms with Crippen molar-refractivity contribution in [2.45, 2.75) is 18.9 Å². The molecule has 9 nitrogen and oxygen atoms in total. The van der Waals surface area contributed by atoms with Gasteiger partial charge in [-0.1, -0.05) is 37.3 Å². The zero-order valence-electron chi connectivity index (χ0n) is 15.0. The Hall–Kier alpha value is -3.75. The molecule has 2 N–H and O–H groups in total. The van der Waals surface area contributed by atoms with Crippen LogP contribution >= 0.6 is 0 Å². The summed E-state index contributed by atoms with van der Waals surface area (Å²) in [6.45, 7) is 1.32. The third-order valence-corrected chi connectivity index (χ3v) is 4.64. The Balaban J connectivity index is 1.73.